The predicted molar refractivity (Wildman–Crippen MR) is 98.3 cm³/mol. The summed E-state index contributed by atoms with van der Waals surface area (Å²) in [4.78, 5) is 2.16. The third-order valence-corrected chi connectivity index (χ3v) is 4.78. The number of hydrogen-bond acceptors (Lipinski definition) is 4. The molecule has 10 heteroatoms. The third kappa shape index (κ3) is 6.64. The monoisotopic (exact) mass is 434 g/mol. The van der Waals surface area contributed by atoms with Gasteiger partial charge in [-0.1, -0.05) is 0 Å². The maximum atomic E-state index is 14.6. The fourth-order valence-electron chi connectivity index (χ4n) is 3.69. The summed E-state index contributed by atoms with van der Waals surface area (Å²) in [6, 6.07) is 3.00. The van der Waals surface area contributed by atoms with Gasteiger partial charge in [0.2, 0.25) is 0 Å². The fraction of sp³-hybridized carbons (Fsp3) is 0.647. The van der Waals surface area contributed by atoms with Crippen molar-refractivity contribution in [1.29, 1.82) is 0 Å². The maximum Gasteiger partial charge on any atom is 0.573 e. The van der Waals surface area contributed by atoms with E-state index in [-0.39, 0.29) is 48.1 Å². The quantitative estimate of drug-likeness (QED) is 0.727. The molecule has 156 valence electrons. The van der Waals surface area contributed by atoms with Crippen LogP contribution in [0.1, 0.15) is 24.4 Å². The smallest absolute Gasteiger partial charge is 0.406 e. The molecule has 0 bridgehead atoms. The number of ether oxygens (including phenoxy) is 2. The molecule has 3 rings (SSSR count). The first-order valence-corrected chi connectivity index (χ1v) is 8.52. The van der Waals surface area contributed by atoms with Crippen LogP contribution in [-0.4, -0.2) is 50.7 Å². The topological polar surface area (TPSA) is 33.7 Å². The van der Waals surface area contributed by atoms with Crippen LogP contribution in [0.25, 0.3) is 0 Å². The van der Waals surface area contributed by atoms with E-state index in [1.54, 1.807) is 0 Å². The van der Waals surface area contributed by atoms with E-state index in [1.165, 1.54) is 6.07 Å². The van der Waals surface area contributed by atoms with E-state index >= 15 is 0 Å². The van der Waals surface area contributed by atoms with Crippen molar-refractivity contribution < 1.29 is 27.0 Å². The molecule has 0 unspecified atom stereocenters. The summed E-state index contributed by atoms with van der Waals surface area (Å²) in [5.41, 5.74) is 0.274. The van der Waals surface area contributed by atoms with Crippen LogP contribution in [0, 0.1) is 11.7 Å². The molecule has 0 spiro atoms. The van der Waals surface area contributed by atoms with Gasteiger partial charge < -0.3 is 14.8 Å². The normalized spacial score (nSPS) is 20.3. The average molecular weight is 435 g/mol. The number of nitrogens with zero attached hydrogens (tertiary/aromatic N) is 1. The Hall–Kier alpha value is -0.800. The molecule has 1 aromatic carbocycles. The highest BCUT2D eigenvalue weighted by Gasteiger charge is 2.35. The molecule has 0 amide bonds. The second-order valence-electron chi connectivity index (χ2n) is 6.41. The molecule has 0 aliphatic carbocycles. The zero-order valence-corrected chi connectivity index (χ0v) is 16.3. The van der Waals surface area contributed by atoms with Gasteiger partial charge in [-0.2, -0.15) is 0 Å². The lowest BCUT2D eigenvalue weighted by atomic mass is 9.85. The summed E-state index contributed by atoms with van der Waals surface area (Å²) in [5, 5.41) is 3.25. The summed E-state index contributed by atoms with van der Waals surface area (Å²) in [6.07, 6.45) is -3.27. The van der Waals surface area contributed by atoms with Crippen LogP contribution in [0.4, 0.5) is 17.6 Å². The summed E-state index contributed by atoms with van der Waals surface area (Å²) in [5.74, 6) is -0.733. The van der Waals surface area contributed by atoms with E-state index in [9.17, 15) is 17.6 Å². The standard InChI is InChI=1S/C17H22F4N2O2.2ClH/c18-15-2-1-13(25-17(19,20)21)11-14(15)16(12-3-9-24-10-4-12)23-7-5-22-6-8-23;;/h1-2,11-12,16,22H,3-10H2;2*1H/t16-;;/m0../s1. The van der Waals surface area contributed by atoms with Crippen LogP contribution in [0.3, 0.4) is 0 Å². The van der Waals surface area contributed by atoms with E-state index < -0.39 is 12.2 Å². The molecular formula is C17H24Cl2F4N2O2. The molecule has 2 heterocycles. The average Bonchev–Trinajstić information content (AvgIpc) is 2.59. The van der Waals surface area contributed by atoms with Crippen molar-refractivity contribution in [1.82, 2.24) is 10.2 Å². The van der Waals surface area contributed by atoms with Gasteiger partial charge in [0.25, 0.3) is 0 Å². The Morgan fingerprint density at radius 3 is 2.33 bits per heavy atom. The first-order chi connectivity index (χ1) is 11.9. The lowest BCUT2D eigenvalue weighted by molar-refractivity contribution is -0.274. The zero-order chi connectivity index (χ0) is 17.9. The number of alkyl halides is 3. The minimum absolute atomic E-state index is 0. The number of benzene rings is 1. The maximum absolute atomic E-state index is 14.6. The highest BCUT2D eigenvalue weighted by Crippen LogP contribution is 2.38. The minimum Gasteiger partial charge on any atom is -0.406 e. The highest BCUT2D eigenvalue weighted by molar-refractivity contribution is 5.85. The Labute approximate surface area is 168 Å². The number of halogens is 6. The summed E-state index contributed by atoms with van der Waals surface area (Å²) >= 11 is 0. The second kappa shape index (κ2) is 10.7. The van der Waals surface area contributed by atoms with Gasteiger partial charge in [0.15, 0.2) is 0 Å². The van der Waals surface area contributed by atoms with Gasteiger partial charge in [0, 0.05) is 51.0 Å². The van der Waals surface area contributed by atoms with E-state index in [2.05, 4.69) is 15.0 Å². The van der Waals surface area contributed by atoms with Crippen molar-refractivity contribution in [3.8, 4) is 5.75 Å². The van der Waals surface area contributed by atoms with Gasteiger partial charge in [-0.3, -0.25) is 4.90 Å². The largest absolute Gasteiger partial charge is 0.573 e. The number of piperazine rings is 1. The molecule has 1 N–H and O–H groups in total. The Kier molecular flexibility index (Phi) is 9.57. The van der Waals surface area contributed by atoms with E-state index in [0.29, 0.717) is 13.2 Å². The SMILES string of the molecule is Cl.Cl.Fc1ccc(OC(F)(F)F)cc1[C@H](C1CCOCC1)N1CCNCC1. The van der Waals surface area contributed by atoms with Crippen molar-refractivity contribution in [3.05, 3.63) is 29.6 Å². The van der Waals surface area contributed by atoms with Crippen molar-refractivity contribution >= 4 is 24.8 Å². The van der Waals surface area contributed by atoms with Crippen LogP contribution < -0.4 is 10.1 Å². The summed E-state index contributed by atoms with van der Waals surface area (Å²) in [7, 11) is 0. The molecule has 1 atom stereocenters. The number of rotatable bonds is 4. The molecule has 0 aromatic heterocycles. The number of nitrogens with one attached hydrogen (secondary N) is 1. The van der Waals surface area contributed by atoms with Crippen molar-refractivity contribution in [2.45, 2.75) is 25.2 Å². The van der Waals surface area contributed by atoms with Crippen molar-refractivity contribution in [2.24, 2.45) is 5.92 Å². The molecule has 0 saturated carbocycles. The van der Waals surface area contributed by atoms with Gasteiger partial charge in [0.05, 0.1) is 0 Å². The van der Waals surface area contributed by atoms with E-state index in [4.69, 9.17) is 4.74 Å². The first kappa shape index (κ1) is 24.2. The van der Waals surface area contributed by atoms with Crippen LogP contribution in [0.5, 0.6) is 5.75 Å². The first-order valence-electron chi connectivity index (χ1n) is 8.52. The van der Waals surface area contributed by atoms with Gasteiger partial charge >= 0.3 is 6.36 Å². The minimum atomic E-state index is -4.79. The van der Waals surface area contributed by atoms with Gasteiger partial charge in [0.1, 0.15) is 11.6 Å². The van der Waals surface area contributed by atoms with E-state index in [1.807, 2.05) is 0 Å². The van der Waals surface area contributed by atoms with Crippen molar-refractivity contribution in [3.63, 3.8) is 0 Å². The van der Waals surface area contributed by atoms with Crippen LogP contribution in [0.15, 0.2) is 18.2 Å². The van der Waals surface area contributed by atoms with Gasteiger partial charge in [-0.15, -0.1) is 38.0 Å². The highest BCUT2D eigenvalue weighted by atomic mass is 35.5. The lowest BCUT2D eigenvalue weighted by Crippen LogP contribution is -2.47. The molecular weight excluding hydrogens is 411 g/mol. The number of hydrogen-bond donors (Lipinski definition) is 1. The Morgan fingerprint density at radius 2 is 1.74 bits per heavy atom. The Bertz CT molecular complexity index is 563. The Morgan fingerprint density at radius 1 is 1.11 bits per heavy atom. The molecule has 27 heavy (non-hydrogen) atoms. The molecule has 0 radical (unpaired) electrons. The van der Waals surface area contributed by atoms with Crippen LogP contribution >= 0.6 is 24.8 Å². The van der Waals surface area contributed by atoms with Crippen LogP contribution in [0.2, 0.25) is 0 Å². The lowest BCUT2D eigenvalue weighted by Gasteiger charge is -2.41. The molecule has 1 aromatic rings. The van der Waals surface area contributed by atoms with Crippen molar-refractivity contribution in [2.75, 3.05) is 39.4 Å². The Balaban J connectivity index is 0.00000182. The second-order valence-corrected chi connectivity index (χ2v) is 6.41. The van der Waals surface area contributed by atoms with Gasteiger partial charge in [-0.05, 0) is 37.0 Å². The molecule has 4 nitrogen and oxygen atoms in total. The summed E-state index contributed by atoms with van der Waals surface area (Å²) < 4.78 is 61.5. The molecule has 2 aliphatic rings. The molecule has 2 fully saturated rings. The summed E-state index contributed by atoms with van der Waals surface area (Å²) in [6.45, 7) is 4.19. The third-order valence-electron chi connectivity index (χ3n) is 4.78. The van der Waals surface area contributed by atoms with Crippen LogP contribution in [-0.2, 0) is 4.74 Å². The zero-order valence-electron chi connectivity index (χ0n) is 14.6. The predicted octanol–water partition coefficient (Wildman–Crippen LogP) is 3.94. The molecule has 2 saturated heterocycles. The van der Waals surface area contributed by atoms with E-state index in [0.717, 1.165) is 51.2 Å². The fourth-order valence-corrected chi connectivity index (χ4v) is 3.69. The molecule has 2 aliphatic heterocycles. The van der Waals surface area contributed by atoms with Gasteiger partial charge in [-0.25, -0.2) is 4.39 Å².